The van der Waals surface area contributed by atoms with Crippen LogP contribution in [-0.4, -0.2) is 37.5 Å². The lowest BCUT2D eigenvalue weighted by atomic mass is 10.1. The first-order chi connectivity index (χ1) is 7.22. The largest absolute Gasteiger partial charge is 0.508 e. The summed E-state index contributed by atoms with van der Waals surface area (Å²) in [5.41, 5.74) is 0. The zero-order valence-corrected chi connectivity index (χ0v) is 8.65. The molecule has 0 saturated carbocycles. The number of carbonyl (C=O) groups is 2. The summed E-state index contributed by atoms with van der Waals surface area (Å²) in [6.07, 6.45) is -3.65. The first-order valence-electron chi connectivity index (χ1n) is 3.90. The van der Waals surface area contributed by atoms with Gasteiger partial charge in [-0.3, -0.25) is 4.79 Å². The van der Waals surface area contributed by atoms with E-state index in [1.807, 2.05) is 9.47 Å². The van der Waals surface area contributed by atoms with E-state index in [1.165, 1.54) is 0 Å². The van der Waals surface area contributed by atoms with Gasteiger partial charge in [-0.25, -0.2) is 4.79 Å². The minimum Gasteiger partial charge on any atom is -0.446 e. The lowest BCUT2D eigenvalue weighted by Crippen LogP contribution is -2.40. The molecule has 0 aromatic rings. The van der Waals surface area contributed by atoms with Crippen LogP contribution in [0, 0.1) is 11.3 Å². The van der Waals surface area contributed by atoms with Crippen LogP contribution in [0.1, 0.15) is 0 Å². The molecule has 7 nitrogen and oxygen atoms in total. The number of nitrogens with zero attached hydrogens (tertiary/aromatic N) is 1. The SMILES string of the molecule is N#CC(OC=O)C(OP)C1COC(=O)O1. The second-order valence-corrected chi connectivity index (χ2v) is 2.87. The van der Waals surface area contributed by atoms with Gasteiger partial charge in [0.1, 0.15) is 12.7 Å². The highest BCUT2D eigenvalue weighted by atomic mass is 31.0. The van der Waals surface area contributed by atoms with Crippen molar-refractivity contribution in [2.75, 3.05) is 6.61 Å². The van der Waals surface area contributed by atoms with Gasteiger partial charge in [-0.2, -0.15) is 5.26 Å². The summed E-state index contributed by atoms with van der Waals surface area (Å²) >= 11 is 0. The summed E-state index contributed by atoms with van der Waals surface area (Å²) in [4.78, 5) is 20.7. The van der Waals surface area contributed by atoms with Crippen LogP contribution < -0.4 is 0 Å². The molecule has 1 fully saturated rings. The lowest BCUT2D eigenvalue weighted by Gasteiger charge is -2.21. The van der Waals surface area contributed by atoms with Gasteiger partial charge in [0.25, 0.3) is 6.47 Å². The number of hydrogen-bond donors (Lipinski definition) is 0. The Kier molecular flexibility index (Phi) is 4.28. The van der Waals surface area contributed by atoms with Crippen molar-refractivity contribution >= 4 is 22.1 Å². The average Bonchev–Trinajstić information content (AvgIpc) is 2.64. The Morgan fingerprint density at radius 3 is 2.87 bits per heavy atom. The van der Waals surface area contributed by atoms with Gasteiger partial charge >= 0.3 is 6.16 Å². The first kappa shape index (κ1) is 11.7. The van der Waals surface area contributed by atoms with Crippen molar-refractivity contribution in [1.82, 2.24) is 0 Å². The van der Waals surface area contributed by atoms with Crippen LogP contribution in [0.4, 0.5) is 4.79 Å². The third-order valence-electron chi connectivity index (χ3n) is 1.76. The molecule has 8 heteroatoms. The van der Waals surface area contributed by atoms with Crippen LogP contribution in [0.25, 0.3) is 0 Å². The van der Waals surface area contributed by atoms with E-state index >= 15 is 0 Å². The molecule has 82 valence electrons. The Morgan fingerprint density at radius 1 is 1.73 bits per heavy atom. The Morgan fingerprint density at radius 2 is 2.47 bits per heavy atom. The first-order valence-corrected chi connectivity index (χ1v) is 4.37. The second-order valence-electron chi connectivity index (χ2n) is 2.60. The molecular formula is C7H8NO6P. The van der Waals surface area contributed by atoms with Gasteiger partial charge in [0, 0.05) is 9.47 Å². The topological polar surface area (TPSA) is 94.9 Å². The molecular weight excluding hydrogens is 225 g/mol. The van der Waals surface area contributed by atoms with Crippen molar-refractivity contribution in [1.29, 1.82) is 5.26 Å². The van der Waals surface area contributed by atoms with Gasteiger partial charge in [-0.15, -0.1) is 0 Å². The fraction of sp³-hybridized carbons (Fsp3) is 0.571. The Bertz CT molecular complexity index is 290. The maximum absolute atomic E-state index is 10.6. The molecule has 0 amide bonds. The van der Waals surface area contributed by atoms with E-state index in [9.17, 15) is 9.59 Å². The molecule has 0 N–H and O–H groups in total. The fourth-order valence-corrected chi connectivity index (χ4v) is 1.42. The van der Waals surface area contributed by atoms with Crippen LogP contribution in [0.2, 0.25) is 0 Å². The summed E-state index contributed by atoms with van der Waals surface area (Å²) in [6.45, 7) is 0.0838. The molecule has 1 aliphatic heterocycles. The van der Waals surface area contributed by atoms with Gasteiger partial charge < -0.3 is 18.7 Å². The summed E-state index contributed by atoms with van der Waals surface area (Å²) < 4.78 is 18.5. The number of rotatable bonds is 5. The molecule has 0 spiro atoms. The zero-order chi connectivity index (χ0) is 11.3. The number of cyclic esters (lactones) is 2. The molecule has 1 rings (SSSR count). The molecule has 0 radical (unpaired) electrons. The van der Waals surface area contributed by atoms with Crippen LogP contribution in [-0.2, 0) is 23.5 Å². The lowest BCUT2D eigenvalue weighted by molar-refractivity contribution is -0.136. The van der Waals surface area contributed by atoms with Crippen LogP contribution in [0.15, 0.2) is 0 Å². The van der Waals surface area contributed by atoms with Gasteiger partial charge in [-0.1, -0.05) is 0 Å². The Balaban J connectivity index is 2.65. The number of nitriles is 1. The van der Waals surface area contributed by atoms with Gasteiger partial charge in [0.15, 0.2) is 12.2 Å². The van der Waals surface area contributed by atoms with Crippen LogP contribution in [0.5, 0.6) is 0 Å². The second kappa shape index (κ2) is 5.49. The molecule has 0 aliphatic carbocycles. The molecule has 1 heterocycles. The van der Waals surface area contributed by atoms with Crippen molar-refractivity contribution in [3.63, 3.8) is 0 Å². The highest BCUT2D eigenvalue weighted by Crippen LogP contribution is 2.19. The number of carbonyl (C=O) groups excluding carboxylic acids is 2. The van der Waals surface area contributed by atoms with E-state index in [4.69, 9.17) is 14.5 Å². The van der Waals surface area contributed by atoms with Crippen molar-refractivity contribution in [3.8, 4) is 6.07 Å². The summed E-state index contributed by atoms with van der Waals surface area (Å²) in [6, 6.07) is 1.71. The molecule has 1 aliphatic rings. The summed E-state index contributed by atoms with van der Waals surface area (Å²) in [5, 5.41) is 8.68. The monoisotopic (exact) mass is 233 g/mol. The quantitative estimate of drug-likeness (QED) is 0.367. The number of ether oxygens (including phenoxy) is 3. The Labute approximate surface area is 87.5 Å². The van der Waals surface area contributed by atoms with Gasteiger partial charge in [0.2, 0.25) is 6.10 Å². The molecule has 0 aromatic carbocycles. The number of hydrogen-bond acceptors (Lipinski definition) is 7. The van der Waals surface area contributed by atoms with E-state index in [1.54, 1.807) is 6.07 Å². The summed E-state index contributed by atoms with van der Waals surface area (Å²) in [5.74, 6) is 0. The van der Waals surface area contributed by atoms with Crippen LogP contribution >= 0.6 is 9.47 Å². The zero-order valence-electron chi connectivity index (χ0n) is 7.49. The maximum Gasteiger partial charge on any atom is 0.508 e. The van der Waals surface area contributed by atoms with E-state index < -0.39 is 24.5 Å². The molecule has 4 atom stereocenters. The smallest absolute Gasteiger partial charge is 0.446 e. The minimum absolute atomic E-state index is 0.0434. The van der Waals surface area contributed by atoms with E-state index in [2.05, 4.69) is 9.47 Å². The molecule has 4 unspecified atom stereocenters. The average molecular weight is 233 g/mol. The van der Waals surface area contributed by atoms with E-state index in [-0.39, 0.29) is 13.1 Å². The highest BCUT2D eigenvalue weighted by molar-refractivity contribution is 7.09. The minimum atomic E-state index is -1.15. The van der Waals surface area contributed by atoms with Crippen molar-refractivity contribution in [2.24, 2.45) is 0 Å². The third-order valence-corrected chi connectivity index (χ3v) is 2.08. The standard InChI is InChI=1S/C7H8NO6P/c8-1-4(12-3-9)6(14-15)5-2-11-7(10)13-5/h3-6H,2,15H2. The highest BCUT2D eigenvalue weighted by Gasteiger charge is 2.39. The predicted octanol–water partition coefficient (Wildman–Crippen LogP) is -0.238. The molecule has 1 saturated heterocycles. The molecule has 0 aromatic heterocycles. The predicted molar refractivity (Wildman–Crippen MR) is 47.4 cm³/mol. The van der Waals surface area contributed by atoms with Crippen molar-refractivity contribution in [2.45, 2.75) is 18.3 Å². The fourth-order valence-electron chi connectivity index (χ4n) is 1.10. The van der Waals surface area contributed by atoms with Gasteiger partial charge in [0.05, 0.1) is 0 Å². The van der Waals surface area contributed by atoms with Crippen molar-refractivity contribution in [3.05, 3.63) is 0 Å². The molecule has 0 bridgehead atoms. The van der Waals surface area contributed by atoms with Crippen molar-refractivity contribution < 1.29 is 28.3 Å². The normalized spacial score (nSPS) is 23.2. The Hall–Kier alpha value is -1.38. The molecule has 15 heavy (non-hydrogen) atoms. The van der Waals surface area contributed by atoms with E-state index in [0.29, 0.717) is 0 Å². The van der Waals surface area contributed by atoms with Gasteiger partial charge in [-0.05, 0) is 0 Å². The maximum atomic E-state index is 10.6. The van der Waals surface area contributed by atoms with E-state index in [0.717, 1.165) is 0 Å². The van der Waals surface area contributed by atoms with Crippen LogP contribution in [0.3, 0.4) is 0 Å². The summed E-state index contributed by atoms with van der Waals surface area (Å²) in [7, 11) is 1.91. The third kappa shape index (κ3) is 2.78.